The molecule has 4 rings (SSSR count). The van der Waals surface area contributed by atoms with Gasteiger partial charge in [-0.15, -0.1) is 10.2 Å². The summed E-state index contributed by atoms with van der Waals surface area (Å²) >= 11 is 1.37. The number of rotatable bonds is 9. The average molecular weight is 472 g/mol. The average Bonchev–Trinajstić information content (AvgIpc) is 3.42. The number of thioether (sulfide) groups is 1. The van der Waals surface area contributed by atoms with E-state index in [9.17, 15) is 13.2 Å². The number of pyridine rings is 1. The van der Waals surface area contributed by atoms with E-state index in [4.69, 9.17) is 0 Å². The number of benzene rings is 1. The van der Waals surface area contributed by atoms with Crippen molar-refractivity contribution in [2.24, 2.45) is 0 Å². The van der Waals surface area contributed by atoms with Gasteiger partial charge in [0.15, 0.2) is 16.8 Å². The van der Waals surface area contributed by atoms with Crippen LogP contribution in [0.4, 0.5) is 5.69 Å². The Morgan fingerprint density at radius 1 is 1.12 bits per heavy atom. The highest BCUT2D eigenvalue weighted by atomic mass is 32.2. The second-order valence-electron chi connectivity index (χ2n) is 7.47. The zero-order valence-corrected chi connectivity index (χ0v) is 19.7. The van der Waals surface area contributed by atoms with E-state index in [0.29, 0.717) is 29.4 Å². The first-order valence-corrected chi connectivity index (χ1v) is 13.2. The van der Waals surface area contributed by atoms with Crippen molar-refractivity contribution in [3.8, 4) is 11.4 Å². The Hall–Kier alpha value is -2.72. The predicted molar refractivity (Wildman–Crippen MR) is 126 cm³/mol. The summed E-state index contributed by atoms with van der Waals surface area (Å²) in [5, 5.41) is 9.35. The Morgan fingerprint density at radius 2 is 1.91 bits per heavy atom. The number of fused-ring (bicyclic) bond motifs is 1. The van der Waals surface area contributed by atoms with E-state index in [0.717, 1.165) is 29.9 Å². The molecule has 2 aromatic heterocycles. The first kappa shape index (κ1) is 22.5. The predicted octanol–water partition coefficient (Wildman–Crippen LogP) is 3.44. The molecule has 168 valence electrons. The Bertz CT molecular complexity index is 1230. The summed E-state index contributed by atoms with van der Waals surface area (Å²) in [6.07, 6.45) is 4.97. The second-order valence-corrected chi connectivity index (χ2v) is 10.6. The van der Waals surface area contributed by atoms with E-state index in [2.05, 4.69) is 22.1 Å². The molecule has 1 aliphatic rings. The molecule has 0 amide bonds. The quantitative estimate of drug-likeness (QED) is 0.348. The maximum Gasteiger partial charge on any atom is 0.234 e. The molecule has 0 bridgehead atoms. The van der Waals surface area contributed by atoms with Gasteiger partial charge in [0.2, 0.25) is 10.0 Å². The van der Waals surface area contributed by atoms with Gasteiger partial charge in [0, 0.05) is 36.6 Å². The Morgan fingerprint density at radius 3 is 2.62 bits per heavy atom. The van der Waals surface area contributed by atoms with E-state index < -0.39 is 10.0 Å². The molecule has 0 atom stereocenters. The van der Waals surface area contributed by atoms with E-state index in [1.165, 1.54) is 16.1 Å². The molecule has 3 heterocycles. The van der Waals surface area contributed by atoms with Crippen LogP contribution in [0, 0.1) is 0 Å². The molecule has 1 aromatic carbocycles. The lowest BCUT2D eigenvalue weighted by Crippen LogP contribution is -2.30. The zero-order valence-electron chi connectivity index (χ0n) is 18.1. The van der Waals surface area contributed by atoms with E-state index in [1.807, 2.05) is 22.8 Å². The number of sulfonamides is 1. The number of carbonyl (C=O) groups is 1. The molecule has 1 aliphatic heterocycles. The molecule has 3 aromatic rings. The van der Waals surface area contributed by atoms with Crippen molar-refractivity contribution in [2.45, 2.75) is 38.4 Å². The minimum absolute atomic E-state index is 0.0221. The summed E-state index contributed by atoms with van der Waals surface area (Å²) in [6.45, 7) is 4.90. The fourth-order valence-corrected chi connectivity index (χ4v) is 5.76. The number of Topliss-reactive ketones (excluding diaryl/α,β-unsaturated/α-hetero) is 1. The lowest BCUT2D eigenvalue weighted by molar-refractivity contribution is 0.102. The van der Waals surface area contributed by atoms with E-state index >= 15 is 0 Å². The van der Waals surface area contributed by atoms with Gasteiger partial charge in [0.05, 0.1) is 17.2 Å². The Labute approximate surface area is 192 Å². The first-order chi connectivity index (χ1) is 15.4. The summed E-state index contributed by atoms with van der Waals surface area (Å²) in [4.78, 5) is 16.9. The molecule has 0 aliphatic carbocycles. The summed E-state index contributed by atoms with van der Waals surface area (Å²) in [5.41, 5.74) is 3.10. The SMILES string of the molecule is CCCn1c(SCC(=O)c2ccc3c(c2)CCN3S(=O)(=O)CC)nnc1-c1ccncc1. The van der Waals surface area contributed by atoms with Crippen molar-refractivity contribution in [1.29, 1.82) is 0 Å². The highest BCUT2D eigenvalue weighted by molar-refractivity contribution is 7.99. The molecule has 0 fully saturated rings. The standard InChI is InChI=1S/C22H25N5O3S2/c1-3-12-26-21(16-7-10-23-11-8-16)24-25-22(26)31-15-20(28)18-5-6-19-17(14-18)9-13-27(19)32(29,30)4-2/h5-8,10-11,14H,3-4,9,12-13,15H2,1-2H3. The van der Waals surface area contributed by atoms with Crippen LogP contribution in [-0.2, 0) is 23.0 Å². The van der Waals surface area contributed by atoms with Crippen LogP contribution < -0.4 is 4.31 Å². The smallest absolute Gasteiger partial charge is 0.234 e. The first-order valence-electron chi connectivity index (χ1n) is 10.6. The van der Waals surface area contributed by atoms with Crippen molar-refractivity contribution < 1.29 is 13.2 Å². The summed E-state index contributed by atoms with van der Waals surface area (Å²) in [6, 6.07) is 9.06. The van der Waals surface area contributed by atoms with Gasteiger partial charge >= 0.3 is 0 Å². The van der Waals surface area contributed by atoms with Gasteiger partial charge in [-0.25, -0.2) is 8.42 Å². The zero-order chi connectivity index (χ0) is 22.7. The maximum absolute atomic E-state index is 12.9. The molecule has 0 spiro atoms. The molecular weight excluding hydrogens is 446 g/mol. The van der Waals surface area contributed by atoms with Crippen LogP contribution in [0.2, 0.25) is 0 Å². The highest BCUT2D eigenvalue weighted by Gasteiger charge is 2.28. The van der Waals surface area contributed by atoms with Crippen LogP contribution in [0.25, 0.3) is 11.4 Å². The van der Waals surface area contributed by atoms with Crippen LogP contribution in [0.15, 0.2) is 47.9 Å². The molecule has 0 saturated carbocycles. The molecule has 0 radical (unpaired) electrons. The van der Waals surface area contributed by atoms with Crippen LogP contribution in [-0.4, -0.2) is 52.0 Å². The minimum atomic E-state index is -3.30. The van der Waals surface area contributed by atoms with Crippen molar-refractivity contribution in [3.05, 3.63) is 53.9 Å². The molecule has 8 nitrogen and oxygen atoms in total. The van der Waals surface area contributed by atoms with Gasteiger partial charge in [0.25, 0.3) is 0 Å². The number of hydrogen-bond donors (Lipinski definition) is 0. The summed E-state index contributed by atoms with van der Waals surface area (Å²) < 4.78 is 28.0. The molecule has 0 saturated heterocycles. The molecule has 32 heavy (non-hydrogen) atoms. The van der Waals surface area contributed by atoms with Gasteiger partial charge in [-0.2, -0.15) is 0 Å². The van der Waals surface area contributed by atoms with Crippen molar-refractivity contribution >= 4 is 33.3 Å². The molecular formula is C22H25N5O3S2. The summed E-state index contributed by atoms with van der Waals surface area (Å²) in [5.74, 6) is 1.03. The number of ketones is 1. The number of anilines is 1. The minimum Gasteiger partial charge on any atom is -0.302 e. The van der Waals surface area contributed by atoms with E-state index in [-0.39, 0.29) is 17.3 Å². The normalized spacial score (nSPS) is 13.4. The second kappa shape index (κ2) is 9.41. The van der Waals surface area contributed by atoms with Crippen LogP contribution in [0.1, 0.15) is 36.2 Å². The van der Waals surface area contributed by atoms with Crippen LogP contribution in [0.3, 0.4) is 0 Å². The molecule has 0 unspecified atom stereocenters. The topological polar surface area (TPSA) is 98.1 Å². The van der Waals surface area contributed by atoms with Crippen molar-refractivity contribution in [2.75, 3.05) is 22.4 Å². The Balaban J connectivity index is 1.50. The number of nitrogens with zero attached hydrogens (tertiary/aromatic N) is 5. The summed E-state index contributed by atoms with van der Waals surface area (Å²) in [7, 11) is -3.30. The number of carbonyl (C=O) groups excluding carboxylic acids is 1. The lowest BCUT2D eigenvalue weighted by Gasteiger charge is -2.18. The fourth-order valence-electron chi connectivity index (χ4n) is 3.74. The monoisotopic (exact) mass is 471 g/mol. The van der Waals surface area contributed by atoms with Gasteiger partial charge < -0.3 is 4.57 Å². The van der Waals surface area contributed by atoms with Gasteiger partial charge in [0.1, 0.15) is 0 Å². The largest absolute Gasteiger partial charge is 0.302 e. The lowest BCUT2D eigenvalue weighted by atomic mass is 10.1. The van der Waals surface area contributed by atoms with Crippen LogP contribution in [0.5, 0.6) is 0 Å². The van der Waals surface area contributed by atoms with Crippen LogP contribution >= 0.6 is 11.8 Å². The van der Waals surface area contributed by atoms with Gasteiger partial charge in [-0.1, -0.05) is 18.7 Å². The highest BCUT2D eigenvalue weighted by Crippen LogP contribution is 2.32. The number of hydrogen-bond acceptors (Lipinski definition) is 7. The van der Waals surface area contributed by atoms with Crippen molar-refractivity contribution in [1.82, 2.24) is 19.7 Å². The van der Waals surface area contributed by atoms with E-state index in [1.54, 1.807) is 31.5 Å². The van der Waals surface area contributed by atoms with Crippen molar-refractivity contribution in [3.63, 3.8) is 0 Å². The van der Waals surface area contributed by atoms with Gasteiger partial charge in [-0.05, 0) is 55.7 Å². The number of aromatic nitrogens is 4. The molecule has 0 N–H and O–H groups in total. The maximum atomic E-state index is 12.9. The third-order valence-corrected chi connectivity index (χ3v) is 8.14. The van der Waals surface area contributed by atoms with Gasteiger partial charge in [-0.3, -0.25) is 14.1 Å². The Kier molecular flexibility index (Phi) is 6.61. The fraction of sp³-hybridized carbons (Fsp3) is 0.364. The third-order valence-electron chi connectivity index (χ3n) is 5.39. The molecule has 10 heteroatoms. The third kappa shape index (κ3) is 4.42.